The van der Waals surface area contributed by atoms with E-state index in [2.05, 4.69) is 31.3 Å². The van der Waals surface area contributed by atoms with Gasteiger partial charge in [0.05, 0.1) is 10.9 Å². The van der Waals surface area contributed by atoms with Crippen LogP contribution in [-0.2, 0) is 0 Å². The highest BCUT2D eigenvalue weighted by molar-refractivity contribution is 6.02. The number of nitrogens with one attached hydrogen (secondary N) is 2. The summed E-state index contributed by atoms with van der Waals surface area (Å²) >= 11 is 0. The number of pyridine rings is 1. The van der Waals surface area contributed by atoms with Gasteiger partial charge in [0.2, 0.25) is 0 Å². The summed E-state index contributed by atoms with van der Waals surface area (Å²) < 4.78 is 23.4. The molecule has 5 atom stereocenters. The SMILES string of the molecule is C#Cc1cccc2cc(O)cc(-c3ncc4c(N5CC6CCC(C5)N6)nc(OCC56CCCN5C5CCNC5C6)nc4c3F)c12. The number of phenolic OH excluding ortho intramolecular Hbond substituents is 1. The third kappa shape index (κ3) is 4.28. The van der Waals surface area contributed by atoms with Crippen molar-refractivity contribution in [2.75, 3.05) is 37.7 Å². The molecule has 0 spiro atoms. The Hall–Kier alpha value is -4.04. The predicted molar refractivity (Wildman–Crippen MR) is 171 cm³/mol. The molecule has 5 aliphatic heterocycles. The normalized spacial score (nSPS) is 28.9. The van der Waals surface area contributed by atoms with Crippen molar-refractivity contribution in [3.05, 3.63) is 47.9 Å². The van der Waals surface area contributed by atoms with E-state index in [1.54, 1.807) is 12.3 Å². The topological polar surface area (TPSA) is 98.7 Å². The van der Waals surface area contributed by atoms with Crippen LogP contribution in [0.2, 0.25) is 0 Å². The molecule has 0 radical (unpaired) electrons. The molecular weight excluding hydrogens is 569 g/mol. The molecule has 2 bridgehead atoms. The van der Waals surface area contributed by atoms with E-state index in [0.29, 0.717) is 63.9 Å². The van der Waals surface area contributed by atoms with Gasteiger partial charge in [-0.2, -0.15) is 9.97 Å². The standard InChI is InChI=1S/C35H36FN7O2/c1-2-20-5-3-6-21-13-24(44)14-25(29(20)21)31-30(36)32-26(16-38-31)33(42-17-22-7-8-23(18-42)39-22)41-34(40-32)45-19-35-10-4-12-43(35)28-9-11-37-27(28)15-35/h1,3,5-6,13-14,16,22-23,27-28,37,39,44H,4,7-12,15,17-19H2. The number of rotatable bonds is 5. The second kappa shape index (κ2) is 10.2. The zero-order valence-corrected chi connectivity index (χ0v) is 25.1. The molecule has 9 nitrogen and oxygen atoms in total. The van der Waals surface area contributed by atoms with Crippen molar-refractivity contribution < 1.29 is 14.2 Å². The summed E-state index contributed by atoms with van der Waals surface area (Å²) in [6.07, 6.45) is 14.2. The highest BCUT2D eigenvalue weighted by atomic mass is 19.1. The molecule has 0 amide bonds. The minimum atomic E-state index is -0.585. The lowest BCUT2D eigenvalue weighted by Gasteiger charge is -2.35. The molecular formula is C35H36FN7O2. The molecule has 230 valence electrons. The summed E-state index contributed by atoms with van der Waals surface area (Å²) in [6.45, 7) is 4.18. The van der Waals surface area contributed by atoms with E-state index in [0.717, 1.165) is 58.3 Å². The average Bonchev–Trinajstić information content (AvgIpc) is 3.81. The van der Waals surface area contributed by atoms with Crippen LogP contribution >= 0.6 is 0 Å². The van der Waals surface area contributed by atoms with Crippen LogP contribution in [0.4, 0.5) is 10.2 Å². The molecule has 5 fully saturated rings. The molecule has 3 N–H and O–H groups in total. The van der Waals surface area contributed by atoms with Gasteiger partial charge >= 0.3 is 6.01 Å². The first-order chi connectivity index (χ1) is 22.0. The van der Waals surface area contributed by atoms with Crippen LogP contribution in [0, 0.1) is 18.2 Å². The molecule has 5 saturated heterocycles. The van der Waals surface area contributed by atoms with Crippen molar-refractivity contribution >= 4 is 27.5 Å². The van der Waals surface area contributed by atoms with Gasteiger partial charge in [0.1, 0.15) is 29.4 Å². The van der Waals surface area contributed by atoms with Gasteiger partial charge in [-0.05, 0) is 75.2 Å². The maximum Gasteiger partial charge on any atom is 0.319 e. The van der Waals surface area contributed by atoms with Crippen LogP contribution in [-0.4, -0.2) is 87.5 Å². The van der Waals surface area contributed by atoms with E-state index in [1.807, 2.05) is 18.2 Å². The van der Waals surface area contributed by atoms with Gasteiger partial charge in [0.25, 0.3) is 0 Å². The Morgan fingerprint density at radius 1 is 1.16 bits per heavy atom. The summed E-state index contributed by atoms with van der Waals surface area (Å²) in [5, 5.41) is 19.9. The molecule has 45 heavy (non-hydrogen) atoms. The number of hydrogen-bond donors (Lipinski definition) is 3. The van der Waals surface area contributed by atoms with Crippen LogP contribution < -0.4 is 20.3 Å². The maximum absolute atomic E-state index is 16.9. The zero-order chi connectivity index (χ0) is 30.3. The first-order valence-electron chi connectivity index (χ1n) is 16.2. The lowest BCUT2D eigenvalue weighted by Crippen LogP contribution is -2.51. The quantitative estimate of drug-likeness (QED) is 0.292. The summed E-state index contributed by atoms with van der Waals surface area (Å²) in [5.74, 6) is 2.79. The molecule has 5 unspecified atom stereocenters. The highest BCUT2D eigenvalue weighted by Gasteiger charge is 2.55. The summed E-state index contributed by atoms with van der Waals surface area (Å²) in [6, 6.07) is 10.6. The number of aromatic nitrogens is 3. The fourth-order valence-corrected chi connectivity index (χ4v) is 9.06. The molecule has 4 aromatic rings. The molecule has 9 rings (SSSR count). The van der Waals surface area contributed by atoms with Crippen molar-refractivity contribution in [1.82, 2.24) is 30.5 Å². The number of anilines is 1. The Morgan fingerprint density at radius 2 is 2.02 bits per heavy atom. The minimum Gasteiger partial charge on any atom is -0.508 e. The van der Waals surface area contributed by atoms with E-state index >= 15 is 4.39 Å². The second-order valence-electron chi connectivity index (χ2n) is 13.5. The van der Waals surface area contributed by atoms with Crippen LogP contribution in [0.15, 0.2) is 36.5 Å². The van der Waals surface area contributed by atoms with E-state index < -0.39 is 5.82 Å². The Labute approximate surface area is 261 Å². The largest absolute Gasteiger partial charge is 0.508 e. The lowest BCUT2D eigenvalue weighted by atomic mass is 9.93. The minimum absolute atomic E-state index is 0.00727. The third-order valence-corrected chi connectivity index (χ3v) is 11.0. The van der Waals surface area contributed by atoms with Gasteiger partial charge in [-0.25, -0.2) is 4.39 Å². The smallest absolute Gasteiger partial charge is 0.319 e. The Morgan fingerprint density at radius 3 is 2.87 bits per heavy atom. The van der Waals surface area contributed by atoms with Gasteiger partial charge in [0, 0.05) is 60.0 Å². The number of piperazine rings is 1. The number of aromatic hydroxyl groups is 1. The molecule has 0 aliphatic carbocycles. The third-order valence-electron chi connectivity index (χ3n) is 11.0. The molecule has 2 aromatic carbocycles. The van der Waals surface area contributed by atoms with Crippen molar-refractivity contribution in [3.8, 4) is 35.4 Å². The van der Waals surface area contributed by atoms with E-state index in [9.17, 15) is 5.11 Å². The number of ether oxygens (including phenoxy) is 1. The average molecular weight is 606 g/mol. The van der Waals surface area contributed by atoms with Gasteiger partial charge < -0.3 is 25.4 Å². The lowest BCUT2D eigenvalue weighted by molar-refractivity contribution is 0.0841. The van der Waals surface area contributed by atoms with Crippen molar-refractivity contribution in [1.29, 1.82) is 0 Å². The number of terminal acetylenes is 1. The van der Waals surface area contributed by atoms with Gasteiger partial charge in [-0.3, -0.25) is 9.88 Å². The Bertz CT molecular complexity index is 1880. The van der Waals surface area contributed by atoms with Crippen LogP contribution in [0.25, 0.3) is 32.9 Å². The van der Waals surface area contributed by atoms with Crippen LogP contribution in [0.5, 0.6) is 11.8 Å². The Kier molecular flexibility index (Phi) is 6.21. The number of hydrogen-bond acceptors (Lipinski definition) is 9. The zero-order valence-electron chi connectivity index (χ0n) is 25.1. The van der Waals surface area contributed by atoms with E-state index in [-0.39, 0.29) is 28.5 Å². The molecule has 5 aliphatic rings. The summed E-state index contributed by atoms with van der Waals surface area (Å²) in [7, 11) is 0. The number of halogens is 1. The molecule has 0 saturated carbocycles. The number of fused-ring (bicyclic) bond motifs is 7. The highest BCUT2D eigenvalue weighted by Crippen LogP contribution is 2.45. The predicted octanol–water partition coefficient (Wildman–Crippen LogP) is 3.96. The van der Waals surface area contributed by atoms with Crippen LogP contribution in [0.3, 0.4) is 0 Å². The number of phenols is 1. The van der Waals surface area contributed by atoms with Gasteiger partial charge in [-0.15, -0.1) is 6.42 Å². The van der Waals surface area contributed by atoms with Gasteiger partial charge in [-0.1, -0.05) is 18.1 Å². The van der Waals surface area contributed by atoms with Crippen molar-refractivity contribution in [2.24, 2.45) is 0 Å². The number of nitrogens with zero attached hydrogens (tertiary/aromatic N) is 5. The number of benzene rings is 2. The van der Waals surface area contributed by atoms with Crippen molar-refractivity contribution in [2.45, 2.75) is 68.2 Å². The van der Waals surface area contributed by atoms with E-state index in [1.165, 1.54) is 12.5 Å². The summed E-state index contributed by atoms with van der Waals surface area (Å²) in [4.78, 5) is 19.2. The van der Waals surface area contributed by atoms with E-state index in [4.69, 9.17) is 21.1 Å². The second-order valence-corrected chi connectivity index (χ2v) is 13.5. The molecule has 10 heteroatoms. The molecule has 7 heterocycles. The monoisotopic (exact) mass is 605 g/mol. The van der Waals surface area contributed by atoms with Gasteiger partial charge in [0.15, 0.2) is 5.82 Å². The fraction of sp³-hybridized carbons (Fsp3) is 0.457. The molecule has 2 aromatic heterocycles. The Balaban J connectivity index is 1.16. The van der Waals surface area contributed by atoms with Crippen molar-refractivity contribution in [3.63, 3.8) is 0 Å². The maximum atomic E-state index is 16.9. The summed E-state index contributed by atoms with van der Waals surface area (Å²) in [5.41, 5.74) is 1.21. The first-order valence-corrected chi connectivity index (χ1v) is 16.2. The fourth-order valence-electron chi connectivity index (χ4n) is 9.06. The first kappa shape index (κ1) is 27.3. The van der Waals surface area contributed by atoms with Crippen LogP contribution in [0.1, 0.15) is 44.1 Å².